The fourth-order valence-electron chi connectivity index (χ4n) is 3.75. The molecule has 0 unspecified atom stereocenters. The summed E-state index contributed by atoms with van der Waals surface area (Å²) in [7, 11) is 0. The lowest BCUT2D eigenvalue weighted by molar-refractivity contribution is 0.208. The molecular formula is C20H24F2N6O. The Balaban J connectivity index is 1.36. The summed E-state index contributed by atoms with van der Waals surface area (Å²) < 4.78 is 27.5. The van der Waals surface area contributed by atoms with Crippen molar-refractivity contribution in [1.29, 1.82) is 0 Å². The molecule has 0 bridgehead atoms. The molecule has 7 nitrogen and oxygen atoms in total. The summed E-state index contributed by atoms with van der Waals surface area (Å²) in [5.74, 6) is 0.192. The van der Waals surface area contributed by atoms with Crippen molar-refractivity contribution in [2.24, 2.45) is 0 Å². The number of benzene rings is 1. The first-order chi connectivity index (χ1) is 14.1. The van der Waals surface area contributed by atoms with Gasteiger partial charge in [-0.3, -0.25) is 0 Å². The van der Waals surface area contributed by atoms with Gasteiger partial charge < -0.3 is 20.0 Å². The Labute approximate surface area is 168 Å². The minimum Gasteiger partial charge on any atom is -0.356 e. The molecule has 2 aromatic rings. The monoisotopic (exact) mass is 402 g/mol. The van der Waals surface area contributed by atoms with E-state index in [0.29, 0.717) is 26.2 Å². The first-order valence-electron chi connectivity index (χ1n) is 9.94. The first-order valence-corrected chi connectivity index (χ1v) is 9.94. The number of piperazine rings is 1. The second-order valence-electron chi connectivity index (χ2n) is 7.28. The van der Waals surface area contributed by atoms with Crippen LogP contribution in [0.3, 0.4) is 0 Å². The van der Waals surface area contributed by atoms with Gasteiger partial charge in [0.15, 0.2) is 0 Å². The Bertz CT molecular complexity index is 846. The van der Waals surface area contributed by atoms with Gasteiger partial charge in [-0.2, -0.15) is 0 Å². The standard InChI is InChI=1S/C20H24F2N6O/c21-15-5-4-6-16(22)19(15)25-20(29)28-11-9-27(10-12-28)18-13-17(23-14-24-18)26-7-2-1-3-8-26/h4-6,13-14H,1-3,7-12H2,(H,25,29). The molecule has 0 aliphatic carbocycles. The van der Waals surface area contributed by atoms with Crippen LogP contribution in [0, 0.1) is 11.6 Å². The zero-order valence-corrected chi connectivity index (χ0v) is 16.2. The maximum Gasteiger partial charge on any atom is 0.322 e. The van der Waals surface area contributed by atoms with E-state index in [1.165, 1.54) is 25.3 Å². The lowest BCUT2D eigenvalue weighted by Gasteiger charge is -2.36. The van der Waals surface area contributed by atoms with Crippen LogP contribution in [-0.2, 0) is 0 Å². The van der Waals surface area contributed by atoms with Crippen molar-refractivity contribution in [2.45, 2.75) is 19.3 Å². The van der Waals surface area contributed by atoms with Crippen LogP contribution in [0.5, 0.6) is 0 Å². The quantitative estimate of drug-likeness (QED) is 0.855. The number of para-hydroxylation sites is 1. The minimum absolute atomic E-state index is 0.415. The third-order valence-corrected chi connectivity index (χ3v) is 5.40. The Morgan fingerprint density at radius 1 is 0.862 bits per heavy atom. The van der Waals surface area contributed by atoms with Crippen LogP contribution in [0.4, 0.5) is 30.9 Å². The van der Waals surface area contributed by atoms with Crippen molar-refractivity contribution in [1.82, 2.24) is 14.9 Å². The van der Waals surface area contributed by atoms with E-state index in [0.717, 1.165) is 36.9 Å². The molecule has 0 spiro atoms. The van der Waals surface area contributed by atoms with Crippen LogP contribution < -0.4 is 15.1 Å². The summed E-state index contributed by atoms with van der Waals surface area (Å²) in [6.07, 6.45) is 5.19. The molecule has 2 fully saturated rings. The molecule has 0 atom stereocenters. The molecule has 1 aromatic heterocycles. The number of amides is 2. The van der Waals surface area contributed by atoms with E-state index in [-0.39, 0.29) is 0 Å². The van der Waals surface area contributed by atoms with Gasteiger partial charge in [0, 0.05) is 45.3 Å². The normalized spacial score (nSPS) is 17.4. The SMILES string of the molecule is O=C(Nc1c(F)cccc1F)N1CCN(c2cc(N3CCCCC3)ncn2)CC1. The summed E-state index contributed by atoms with van der Waals surface area (Å²) in [6.45, 7) is 4.07. The third kappa shape index (κ3) is 4.38. The van der Waals surface area contributed by atoms with E-state index in [2.05, 4.69) is 25.1 Å². The van der Waals surface area contributed by atoms with Crippen molar-refractivity contribution in [2.75, 3.05) is 54.4 Å². The number of anilines is 3. The number of hydrogen-bond donors (Lipinski definition) is 1. The Morgan fingerprint density at radius 3 is 2.07 bits per heavy atom. The van der Waals surface area contributed by atoms with Crippen molar-refractivity contribution in [3.8, 4) is 0 Å². The van der Waals surface area contributed by atoms with Crippen molar-refractivity contribution in [3.63, 3.8) is 0 Å². The number of nitrogens with one attached hydrogen (secondary N) is 1. The molecule has 0 radical (unpaired) electrons. The molecule has 9 heteroatoms. The van der Waals surface area contributed by atoms with Gasteiger partial charge in [0.25, 0.3) is 0 Å². The van der Waals surface area contributed by atoms with E-state index >= 15 is 0 Å². The molecular weight excluding hydrogens is 378 g/mol. The molecule has 29 heavy (non-hydrogen) atoms. The number of rotatable bonds is 3. The molecule has 1 N–H and O–H groups in total. The summed E-state index contributed by atoms with van der Waals surface area (Å²) >= 11 is 0. The molecule has 4 rings (SSSR count). The second kappa shape index (κ2) is 8.59. The lowest BCUT2D eigenvalue weighted by atomic mass is 10.1. The Kier molecular flexibility index (Phi) is 5.73. The van der Waals surface area contributed by atoms with E-state index in [1.54, 1.807) is 11.2 Å². The Hall–Kier alpha value is -2.97. The molecule has 2 amide bonds. The number of hydrogen-bond acceptors (Lipinski definition) is 5. The minimum atomic E-state index is -0.789. The van der Waals surface area contributed by atoms with Crippen molar-refractivity contribution in [3.05, 3.63) is 42.2 Å². The predicted octanol–water partition coefficient (Wildman–Crippen LogP) is 3.10. The van der Waals surface area contributed by atoms with Crippen LogP contribution in [0.2, 0.25) is 0 Å². The topological polar surface area (TPSA) is 64.6 Å². The lowest BCUT2D eigenvalue weighted by Crippen LogP contribution is -2.50. The maximum atomic E-state index is 13.8. The average molecular weight is 402 g/mol. The van der Waals surface area contributed by atoms with Gasteiger partial charge in [-0.25, -0.2) is 23.5 Å². The fraction of sp³-hybridized carbons (Fsp3) is 0.450. The molecule has 1 aromatic carbocycles. The zero-order chi connectivity index (χ0) is 20.2. The summed E-state index contributed by atoms with van der Waals surface area (Å²) in [4.78, 5) is 27.1. The number of urea groups is 1. The van der Waals surface area contributed by atoms with E-state index in [9.17, 15) is 13.6 Å². The van der Waals surface area contributed by atoms with E-state index in [4.69, 9.17) is 0 Å². The van der Waals surface area contributed by atoms with Gasteiger partial charge in [0.2, 0.25) is 0 Å². The number of carbonyl (C=O) groups is 1. The van der Waals surface area contributed by atoms with Crippen LogP contribution in [0.1, 0.15) is 19.3 Å². The number of piperidine rings is 1. The van der Waals surface area contributed by atoms with Gasteiger partial charge >= 0.3 is 6.03 Å². The van der Waals surface area contributed by atoms with Gasteiger partial charge in [-0.05, 0) is 31.4 Å². The molecule has 0 saturated carbocycles. The number of aromatic nitrogens is 2. The van der Waals surface area contributed by atoms with Gasteiger partial charge in [0.05, 0.1) is 0 Å². The zero-order valence-electron chi connectivity index (χ0n) is 16.2. The van der Waals surface area contributed by atoms with E-state index in [1.807, 2.05) is 6.07 Å². The highest BCUT2D eigenvalue weighted by Crippen LogP contribution is 2.23. The number of halogens is 2. The molecule has 2 aliphatic heterocycles. The summed E-state index contributed by atoms with van der Waals surface area (Å²) in [5, 5.41) is 2.34. The van der Waals surface area contributed by atoms with Gasteiger partial charge in [0.1, 0.15) is 35.3 Å². The van der Waals surface area contributed by atoms with Crippen LogP contribution >= 0.6 is 0 Å². The largest absolute Gasteiger partial charge is 0.356 e. The highest BCUT2D eigenvalue weighted by atomic mass is 19.1. The third-order valence-electron chi connectivity index (χ3n) is 5.40. The van der Waals surface area contributed by atoms with Crippen LogP contribution in [0.25, 0.3) is 0 Å². The molecule has 154 valence electrons. The number of nitrogens with zero attached hydrogens (tertiary/aromatic N) is 5. The smallest absolute Gasteiger partial charge is 0.322 e. The second-order valence-corrected chi connectivity index (χ2v) is 7.28. The highest BCUT2D eigenvalue weighted by molar-refractivity contribution is 5.89. The van der Waals surface area contributed by atoms with E-state index < -0.39 is 23.4 Å². The summed E-state index contributed by atoms with van der Waals surface area (Å²) in [5.41, 5.74) is -0.415. The average Bonchev–Trinajstić information content (AvgIpc) is 2.77. The van der Waals surface area contributed by atoms with Crippen LogP contribution in [-0.4, -0.2) is 60.2 Å². The Morgan fingerprint density at radius 2 is 1.45 bits per heavy atom. The number of carbonyl (C=O) groups excluding carboxylic acids is 1. The highest BCUT2D eigenvalue weighted by Gasteiger charge is 2.24. The summed E-state index contributed by atoms with van der Waals surface area (Å²) in [6, 6.07) is 4.98. The van der Waals surface area contributed by atoms with Gasteiger partial charge in [-0.1, -0.05) is 6.07 Å². The molecule has 2 aliphatic rings. The molecule has 3 heterocycles. The van der Waals surface area contributed by atoms with Gasteiger partial charge in [-0.15, -0.1) is 0 Å². The maximum absolute atomic E-state index is 13.8. The molecule has 2 saturated heterocycles. The van der Waals surface area contributed by atoms with Crippen molar-refractivity contribution < 1.29 is 13.6 Å². The van der Waals surface area contributed by atoms with Crippen LogP contribution in [0.15, 0.2) is 30.6 Å². The van der Waals surface area contributed by atoms with Crippen molar-refractivity contribution >= 4 is 23.4 Å². The fourth-order valence-corrected chi connectivity index (χ4v) is 3.75. The first kappa shape index (κ1) is 19.4. The predicted molar refractivity (Wildman–Crippen MR) is 107 cm³/mol.